The summed E-state index contributed by atoms with van der Waals surface area (Å²) in [5.41, 5.74) is 8.55. The molecule has 4 rings (SSSR count). The number of nitrogens with two attached hydrogens (primary N) is 1. The number of hydrogen-bond acceptors (Lipinski definition) is 5. The van der Waals surface area contributed by atoms with Gasteiger partial charge in [0.1, 0.15) is 11.3 Å². The minimum Gasteiger partial charge on any atom is -0.484 e. The van der Waals surface area contributed by atoms with Crippen molar-refractivity contribution in [1.29, 1.82) is 0 Å². The Balaban J connectivity index is 1.70. The van der Waals surface area contributed by atoms with E-state index in [9.17, 15) is 18.0 Å². The molecule has 7 nitrogen and oxygen atoms in total. The van der Waals surface area contributed by atoms with Gasteiger partial charge in [-0.3, -0.25) is 9.78 Å². The van der Waals surface area contributed by atoms with Crippen LogP contribution in [0.4, 0.5) is 13.2 Å². The number of hydrogen-bond donors (Lipinski definition) is 2. The Bertz CT molecular complexity index is 1280. The summed E-state index contributed by atoms with van der Waals surface area (Å²) >= 11 is 0. The molecule has 1 amide bonds. The average Bonchev–Trinajstić information content (AvgIpc) is 3.12. The molecule has 4 aromatic rings. The van der Waals surface area contributed by atoms with E-state index < -0.39 is 18.7 Å². The van der Waals surface area contributed by atoms with E-state index >= 15 is 0 Å². The minimum atomic E-state index is -4.42. The predicted octanol–water partition coefficient (Wildman–Crippen LogP) is 3.61. The molecule has 0 saturated carbocycles. The van der Waals surface area contributed by atoms with E-state index in [0.29, 0.717) is 38.9 Å². The number of alkyl halides is 3. The van der Waals surface area contributed by atoms with Crippen LogP contribution in [0, 0.1) is 0 Å². The van der Waals surface area contributed by atoms with E-state index in [0.717, 1.165) is 0 Å². The maximum absolute atomic E-state index is 12.4. The number of aromatic amines is 1. The third-order valence-corrected chi connectivity index (χ3v) is 4.19. The van der Waals surface area contributed by atoms with Crippen LogP contribution in [0.1, 0.15) is 5.56 Å². The third-order valence-electron chi connectivity index (χ3n) is 4.19. The van der Waals surface area contributed by atoms with Crippen molar-refractivity contribution in [3.05, 3.63) is 54.5 Å². The number of H-pyrrole nitrogens is 1. The molecule has 3 N–H and O–H groups in total. The van der Waals surface area contributed by atoms with Gasteiger partial charge in [-0.1, -0.05) is 0 Å². The Morgan fingerprint density at radius 3 is 2.80 bits per heavy atom. The molecule has 1 aromatic carbocycles. The Kier molecular flexibility index (Phi) is 4.82. The fourth-order valence-electron chi connectivity index (χ4n) is 2.85. The number of aromatic nitrogens is 4. The fourth-order valence-corrected chi connectivity index (χ4v) is 2.85. The van der Waals surface area contributed by atoms with Crippen LogP contribution >= 0.6 is 0 Å². The number of benzene rings is 1. The zero-order chi connectivity index (χ0) is 21.3. The first-order valence-corrected chi connectivity index (χ1v) is 8.70. The smallest absolute Gasteiger partial charge is 0.422 e. The lowest BCUT2D eigenvalue weighted by atomic mass is 10.1. The molecule has 0 aliphatic carbocycles. The lowest BCUT2D eigenvalue weighted by molar-refractivity contribution is -0.153. The van der Waals surface area contributed by atoms with E-state index in [4.69, 9.17) is 10.5 Å². The molecular formula is C20H14F3N5O2. The summed E-state index contributed by atoms with van der Waals surface area (Å²) in [7, 11) is 0. The highest BCUT2D eigenvalue weighted by atomic mass is 19.4. The van der Waals surface area contributed by atoms with Crippen molar-refractivity contribution >= 4 is 34.1 Å². The van der Waals surface area contributed by atoms with Crippen molar-refractivity contribution in [3.8, 4) is 17.0 Å². The summed E-state index contributed by atoms with van der Waals surface area (Å²) in [6.07, 6.45) is 3.13. The Morgan fingerprint density at radius 1 is 1.20 bits per heavy atom. The molecule has 152 valence electrons. The second-order valence-corrected chi connectivity index (χ2v) is 6.41. The van der Waals surface area contributed by atoms with Gasteiger partial charge in [-0.15, -0.1) is 0 Å². The number of ether oxygens (including phenoxy) is 1. The Hall–Kier alpha value is -3.95. The van der Waals surface area contributed by atoms with Crippen LogP contribution in [0.2, 0.25) is 0 Å². The van der Waals surface area contributed by atoms with E-state index in [1.807, 2.05) is 0 Å². The van der Waals surface area contributed by atoms with Crippen molar-refractivity contribution < 1.29 is 22.7 Å². The van der Waals surface area contributed by atoms with E-state index in [2.05, 4.69) is 19.9 Å². The van der Waals surface area contributed by atoms with Crippen molar-refractivity contribution in [3.63, 3.8) is 0 Å². The van der Waals surface area contributed by atoms with Gasteiger partial charge in [0, 0.05) is 35.0 Å². The molecule has 0 bridgehead atoms. The van der Waals surface area contributed by atoms with Crippen molar-refractivity contribution in [2.45, 2.75) is 6.18 Å². The molecule has 0 fully saturated rings. The summed E-state index contributed by atoms with van der Waals surface area (Å²) in [5, 5.41) is 0.594. The van der Waals surface area contributed by atoms with Crippen LogP contribution < -0.4 is 10.5 Å². The van der Waals surface area contributed by atoms with Gasteiger partial charge >= 0.3 is 6.18 Å². The van der Waals surface area contributed by atoms with Gasteiger partial charge in [0.15, 0.2) is 12.3 Å². The topological polar surface area (TPSA) is 107 Å². The van der Waals surface area contributed by atoms with E-state index in [-0.39, 0.29) is 5.75 Å². The second-order valence-electron chi connectivity index (χ2n) is 6.41. The van der Waals surface area contributed by atoms with Crippen LogP contribution in [-0.2, 0) is 4.79 Å². The summed E-state index contributed by atoms with van der Waals surface area (Å²) in [5.74, 6) is -0.499. The third kappa shape index (κ3) is 4.22. The van der Waals surface area contributed by atoms with Gasteiger partial charge in [0.05, 0.1) is 17.4 Å². The van der Waals surface area contributed by atoms with Gasteiger partial charge in [0.2, 0.25) is 5.91 Å². The standard InChI is InChI=1S/C20H14F3N5O2/c21-20(22,23)10-30-14-2-3-15-12(6-14)5-13(8-25-15)16-9-27-19-18(28-16)11(7-26-19)1-4-17(24)29/h1-9H,10H2,(H2,24,29)(H,26,27)/b4-1+. The number of halogens is 3. The highest BCUT2D eigenvalue weighted by Crippen LogP contribution is 2.27. The molecule has 30 heavy (non-hydrogen) atoms. The van der Waals surface area contributed by atoms with Crippen LogP contribution in [0.3, 0.4) is 0 Å². The van der Waals surface area contributed by atoms with Crippen LogP contribution in [0.15, 0.2) is 48.9 Å². The Labute approximate surface area is 167 Å². The molecule has 0 spiro atoms. The SMILES string of the molecule is NC(=O)/C=C/c1c[nH]c2ncc(-c3cnc4ccc(OCC(F)(F)F)cc4c3)nc12. The number of nitrogens with zero attached hydrogens (tertiary/aromatic N) is 3. The van der Waals surface area contributed by atoms with E-state index in [1.165, 1.54) is 24.3 Å². The van der Waals surface area contributed by atoms with Crippen molar-refractivity contribution in [1.82, 2.24) is 19.9 Å². The van der Waals surface area contributed by atoms with Gasteiger partial charge in [-0.25, -0.2) is 9.97 Å². The quantitative estimate of drug-likeness (QED) is 0.486. The summed E-state index contributed by atoms with van der Waals surface area (Å²) < 4.78 is 42.0. The highest BCUT2D eigenvalue weighted by molar-refractivity contribution is 5.94. The lowest BCUT2D eigenvalue weighted by Crippen LogP contribution is -2.19. The van der Waals surface area contributed by atoms with E-state index in [1.54, 1.807) is 30.7 Å². The lowest BCUT2D eigenvalue weighted by Gasteiger charge is -2.10. The summed E-state index contributed by atoms with van der Waals surface area (Å²) in [4.78, 5) is 27.1. The maximum atomic E-state index is 12.4. The van der Waals surface area contributed by atoms with Crippen molar-refractivity contribution in [2.75, 3.05) is 6.61 Å². The summed E-state index contributed by atoms with van der Waals surface area (Å²) in [6.45, 7) is -1.37. The predicted molar refractivity (Wildman–Crippen MR) is 104 cm³/mol. The molecule has 0 atom stereocenters. The molecule has 0 aliphatic rings. The molecule has 0 radical (unpaired) electrons. The van der Waals surface area contributed by atoms with Crippen LogP contribution in [0.25, 0.3) is 39.4 Å². The number of carbonyl (C=O) groups is 1. The number of fused-ring (bicyclic) bond motifs is 2. The average molecular weight is 413 g/mol. The zero-order valence-electron chi connectivity index (χ0n) is 15.3. The molecular weight excluding hydrogens is 399 g/mol. The largest absolute Gasteiger partial charge is 0.484 e. The molecule has 0 unspecified atom stereocenters. The number of nitrogens with one attached hydrogen (secondary N) is 1. The first-order valence-electron chi connectivity index (χ1n) is 8.70. The fraction of sp³-hybridized carbons (Fsp3) is 0.100. The van der Waals surface area contributed by atoms with Crippen LogP contribution in [0.5, 0.6) is 5.75 Å². The minimum absolute atomic E-state index is 0.0878. The highest BCUT2D eigenvalue weighted by Gasteiger charge is 2.28. The number of primary amides is 1. The normalized spacial score (nSPS) is 12.1. The maximum Gasteiger partial charge on any atom is 0.422 e. The molecule has 3 aromatic heterocycles. The first kappa shape index (κ1) is 19.4. The van der Waals surface area contributed by atoms with Crippen molar-refractivity contribution in [2.24, 2.45) is 5.73 Å². The van der Waals surface area contributed by atoms with Gasteiger partial charge in [0.25, 0.3) is 0 Å². The van der Waals surface area contributed by atoms with Crippen LogP contribution in [-0.4, -0.2) is 38.6 Å². The monoisotopic (exact) mass is 413 g/mol. The number of pyridine rings is 1. The van der Waals surface area contributed by atoms with Gasteiger partial charge in [-0.2, -0.15) is 13.2 Å². The second kappa shape index (κ2) is 7.47. The Morgan fingerprint density at radius 2 is 2.03 bits per heavy atom. The zero-order valence-corrected chi connectivity index (χ0v) is 15.3. The number of rotatable bonds is 5. The molecule has 10 heteroatoms. The molecule has 0 saturated heterocycles. The molecule has 3 heterocycles. The van der Waals surface area contributed by atoms with Gasteiger partial charge < -0.3 is 15.5 Å². The first-order chi connectivity index (χ1) is 14.3. The molecule has 0 aliphatic heterocycles. The number of carbonyl (C=O) groups excluding carboxylic acids is 1. The number of amides is 1. The van der Waals surface area contributed by atoms with Gasteiger partial charge in [-0.05, 0) is 30.3 Å². The summed E-state index contributed by atoms with van der Waals surface area (Å²) in [6, 6.07) is 6.24.